The Bertz CT molecular complexity index is 438. The molecule has 0 saturated heterocycles. The van der Waals surface area contributed by atoms with Crippen LogP contribution in [0.25, 0.3) is 0 Å². The van der Waals surface area contributed by atoms with Crippen molar-refractivity contribution < 1.29 is 8.42 Å². The highest BCUT2D eigenvalue weighted by atomic mass is 32.2. The van der Waals surface area contributed by atoms with E-state index in [1.807, 2.05) is 18.4 Å². The van der Waals surface area contributed by atoms with Crippen LogP contribution in [0.2, 0.25) is 0 Å². The van der Waals surface area contributed by atoms with Crippen molar-refractivity contribution in [2.24, 2.45) is 5.14 Å². The number of thiophene rings is 1. The lowest BCUT2D eigenvalue weighted by Gasteiger charge is -2.30. The molecule has 1 atom stereocenters. The van der Waals surface area contributed by atoms with Crippen molar-refractivity contribution in [2.75, 3.05) is 6.54 Å². The summed E-state index contributed by atoms with van der Waals surface area (Å²) in [7, 11) is -3.56. The quantitative estimate of drug-likeness (QED) is 0.781. The third kappa shape index (κ3) is 1.58. The molecule has 2 N–H and O–H groups in total. The molecule has 0 bridgehead atoms. The van der Waals surface area contributed by atoms with Crippen LogP contribution in [0.4, 0.5) is 0 Å². The van der Waals surface area contributed by atoms with Crippen LogP contribution in [0, 0.1) is 0 Å². The van der Waals surface area contributed by atoms with Crippen LogP contribution in [0.15, 0.2) is 11.4 Å². The van der Waals surface area contributed by atoms with Gasteiger partial charge in [0.2, 0.25) is 0 Å². The Morgan fingerprint density at radius 1 is 1.64 bits per heavy atom. The Morgan fingerprint density at radius 2 is 2.36 bits per heavy atom. The molecule has 2 rings (SSSR count). The average Bonchev–Trinajstić information content (AvgIpc) is 2.50. The van der Waals surface area contributed by atoms with Crippen molar-refractivity contribution in [3.05, 3.63) is 21.9 Å². The van der Waals surface area contributed by atoms with E-state index < -0.39 is 10.2 Å². The molecule has 1 aromatic heterocycles. The minimum absolute atomic E-state index is 0.125. The molecule has 0 radical (unpaired) electrons. The van der Waals surface area contributed by atoms with Crippen LogP contribution in [0.3, 0.4) is 0 Å². The predicted octanol–water partition coefficient (Wildman–Crippen LogP) is 0.871. The predicted molar refractivity (Wildman–Crippen MR) is 56.3 cm³/mol. The van der Waals surface area contributed by atoms with Crippen LogP contribution in [0.5, 0.6) is 0 Å². The maximum atomic E-state index is 11.2. The summed E-state index contributed by atoms with van der Waals surface area (Å²) in [5.41, 5.74) is 1.09. The second-order valence-corrected chi connectivity index (χ2v) is 5.88. The van der Waals surface area contributed by atoms with E-state index in [1.54, 1.807) is 11.3 Å². The molecule has 1 aliphatic rings. The SMILES string of the molecule is CC1c2ccsc2CCN1S(N)(=O)=O. The number of nitrogens with two attached hydrogens (primary N) is 1. The van der Waals surface area contributed by atoms with Gasteiger partial charge in [-0.05, 0) is 30.4 Å². The van der Waals surface area contributed by atoms with E-state index in [-0.39, 0.29) is 6.04 Å². The fourth-order valence-corrected chi connectivity index (χ4v) is 3.70. The van der Waals surface area contributed by atoms with Gasteiger partial charge in [-0.25, -0.2) is 5.14 Å². The zero-order chi connectivity index (χ0) is 10.3. The summed E-state index contributed by atoms with van der Waals surface area (Å²) in [6.07, 6.45) is 0.772. The van der Waals surface area contributed by atoms with Crippen molar-refractivity contribution in [1.82, 2.24) is 4.31 Å². The molecule has 0 fully saturated rings. The molecule has 0 spiro atoms. The summed E-state index contributed by atoms with van der Waals surface area (Å²) in [5, 5.41) is 7.12. The molecule has 0 aliphatic carbocycles. The van der Waals surface area contributed by atoms with Crippen molar-refractivity contribution in [1.29, 1.82) is 0 Å². The highest BCUT2D eigenvalue weighted by Gasteiger charge is 2.30. The van der Waals surface area contributed by atoms with Gasteiger partial charge in [-0.1, -0.05) is 0 Å². The Kier molecular flexibility index (Phi) is 2.38. The highest BCUT2D eigenvalue weighted by Crippen LogP contribution is 2.33. The van der Waals surface area contributed by atoms with Crippen molar-refractivity contribution in [3.63, 3.8) is 0 Å². The van der Waals surface area contributed by atoms with Crippen molar-refractivity contribution in [3.8, 4) is 0 Å². The van der Waals surface area contributed by atoms with E-state index in [4.69, 9.17) is 5.14 Å². The zero-order valence-corrected chi connectivity index (χ0v) is 9.44. The van der Waals surface area contributed by atoms with Crippen LogP contribution in [-0.4, -0.2) is 19.3 Å². The molecule has 6 heteroatoms. The Balaban J connectivity index is 2.39. The Hall–Kier alpha value is -0.430. The largest absolute Gasteiger partial charge is 0.277 e. The molecule has 0 amide bonds. The zero-order valence-electron chi connectivity index (χ0n) is 7.80. The lowest BCUT2D eigenvalue weighted by Crippen LogP contribution is -2.42. The fourth-order valence-electron chi connectivity index (χ4n) is 1.83. The second kappa shape index (κ2) is 3.30. The molecule has 2 heterocycles. The standard InChI is InChI=1S/C8H12N2O2S2/c1-6-7-3-5-13-8(7)2-4-10(6)14(9,11)12/h3,5-6H,2,4H2,1H3,(H2,9,11,12). The van der Waals surface area contributed by atoms with Gasteiger partial charge in [-0.15, -0.1) is 11.3 Å². The fraction of sp³-hybridized carbons (Fsp3) is 0.500. The summed E-state index contributed by atoms with van der Waals surface area (Å²) in [6.45, 7) is 2.36. The van der Waals surface area contributed by atoms with Gasteiger partial charge in [-0.3, -0.25) is 0 Å². The molecule has 0 aromatic carbocycles. The van der Waals surface area contributed by atoms with E-state index in [2.05, 4.69) is 0 Å². The van der Waals surface area contributed by atoms with Gasteiger partial charge in [0.25, 0.3) is 10.2 Å². The first-order chi connectivity index (χ1) is 6.50. The van der Waals surface area contributed by atoms with E-state index in [9.17, 15) is 8.42 Å². The molecule has 14 heavy (non-hydrogen) atoms. The van der Waals surface area contributed by atoms with Crippen molar-refractivity contribution in [2.45, 2.75) is 19.4 Å². The maximum absolute atomic E-state index is 11.2. The highest BCUT2D eigenvalue weighted by molar-refractivity contribution is 7.86. The lowest BCUT2D eigenvalue weighted by atomic mass is 10.0. The topological polar surface area (TPSA) is 63.4 Å². The van der Waals surface area contributed by atoms with Crippen LogP contribution in [-0.2, 0) is 16.6 Å². The van der Waals surface area contributed by atoms with Gasteiger partial charge < -0.3 is 0 Å². The smallest absolute Gasteiger partial charge is 0.216 e. The summed E-state index contributed by atoms with van der Waals surface area (Å²) < 4.78 is 23.8. The normalized spacial score (nSPS) is 23.4. The average molecular weight is 232 g/mol. The third-order valence-electron chi connectivity index (χ3n) is 2.55. The van der Waals surface area contributed by atoms with E-state index in [0.717, 1.165) is 12.0 Å². The molecular weight excluding hydrogens is 220 g/mol. The van der Waals surface area contributed by atoms with Gasteiger partial charge >= 0.3 is 0 Å². The molecule has 4 nitrogen and oxygen atoms in total. The molecule has 1 aliphatic heterocycles. The first-order valence-corrected chi connectivity index (χ1v) is 6.74. The molecule has 1 aromatic rings. The number of hydrogen-bond acceptors (Lipinski definition) is 3. The van der Waals surface area contributed by atoms with Crippen LogP contribution < -0.4 is 5.14 Å². The van der Waals surface area contributed by atoms with Gasteiger partial charge in [0.05, 0.1) is 0 Å². The van der Waals surface area contributed by atoms with Gasteiger partial charge in [0.15, 0.2) is 0 Å². The summed E-state index contributed by atoms with van der Waals surface area (Å²) in [6, 6.07) is 1.85. The van der Waals surface area contributed by atoms with E-state index >= 15 is 0 Å². The lowest BCUT2D eigenvalue weighted by molar-refractivity contribution is 0.329. The molecule has 1 unspecified atom stereocenters. The molecule has 78 valence electrons. The van der Waals surface area contributed by atoms with Gasteiger partial charge in [0.1, 0.15) is 0 Å². The number of fused-ring (bicyclic) bond motifs is 1. The third-order valence-corrected chi connectivity index (χ3v) is 4.70. The second-order valence-electron chi connectivity index (χ2n) is 3.38. The first-order valence-electron chi connectivity index (χ1n) is 4.36. The summed E-state index contributed by atoms with van der Waals surface area (Å²) in [5.74, 6) is 0. The van der Waals surface area contributed by atoms with Crippen molar-refractivity contribution >= 4 is 21.5 Å². The van der Waals surface area contributed by atoms with E-state index in [0.29, 0.717) is 6.54 Å². The summed E-state index contributed by atoms with van der Waals surface area (Å²) in [4.78, 5) is 1.28. The minimum atomic E-state index is -3.56. The molecular formula is C8H12N2O2S2. The van der Waals surface area contributed by atoms with Crippen LogP contribution >= 0.6 is 11.3 Å². The van der Waals surface area contributed by atoms with Gasteiger partial charge in [-0.2, -0.15) is 12.7 Å². The first kappa shape index (κ1) is 10.1. The Morgan fingerprint density at radius 3 is 3.00 bits per heavy atom. The number of nitrogens with zero attached hydrogens (tertiary/aromatic N) is 1. The van der Waals surface area contributed by atoms with E-state index in [1.165, 1.54) is 9.18 Å². The maximum Gasteiger partial charge on any atom is 0.277 e. The van der Waals surface area contributed by atoms with Gasteiger partial charge in [0, 0.05) is 17.5 Å². The molecule has 0 saturated carbocycles. The number of hydrogen-bond donors (Lipinski definition) is 1. The van der Waals surface area contributed by atoms with Crippen LogP contribution in [0.1, 0.15) is 23.4 Å². The Labute approximate surface area is 87.5 Å². The number of rotatable bonds is 1. The monoisotopic (exact) mass is 232 g/mol. The minimum Gasteiger partial charge on any atom is -0.216 e. The summed E-state index contributed by atoms with van der Waals surface area (Å²) >= 11 is 1.68.